The number of aromatic nitrogens is 2. The molecule has 7 heteroatoms. The number of methoxy groups -OCH3 is 1. The molecule has 0 aliphatic rings. The fraction of sp³-hybridized carbons (Fsp3) is 0.250. The third-order valence-electron chi connectivity index (χ3n) is 4.23. The second-order valence-corrected chi connectivity index (χ2v) is 6.14. The lowest BCUT2D eigenvalue weighted by Gasteiger charge is -2.19. The zero-order chi connectivity index (χ0) is 19.4. The smallest absolute Gasteiger partial charge is 0.261 e. The lowest BCUT2D eigenvalue weighted by Crippen LogP contribution is -2.34. The van der Waals surface area contributed by atoms with Gasteiger partial charge >= 0.3 is 0 Å². The zero-order valence-corrected chi connectivity index (χ0v) is 15.1. The van der Waals surface area contributed by atoms with E-state index in [4.69, 9.17) is 4.74 Å². The highest BCUT2D eigenvalue weighted by molar-refractivity contribution is 5.94. The van der Waals surface area contributed by atoms with Crippen molar-refractivity contribution in [1.82, 2.24) is 14.9 Å². The largest absolute Gasteiger partial charge is 0.383 e. The van der Waals surface area contributed by atoms with Crippen molar-refractivity contribution in [2.45, 2.75) is 19.5 Å². The molecule has 3 aromatic rings. The first-order valence-electron chi connectivity index (χ1n) is 8.56. The molecule has 0 aliphatic carbocycles. The van der Waals surface area contributed by atoms with Gasteiger partial charge in [-0.15, -0.1) is 0 Å². The Labute approximate surface area is 155 Å². The number of hydrogen-bond donors (Lipinski definition) is 1. The van der Waals surface area contributed by atoms with Crippen molar-refractivity contribution in [3.05, 3.63) is 76.1 Å². The maximum atomic E-state index is 13.4. The molecule has 0 radical (unpaired) electrons. The van der Waals surface area contributed by atoms with Crippen LogP contribution in [0, 0.1) is 5.82 Å². The van der Waals surface area contributed by atoms with Crippen LogP contribution < -0.4 is 10.9 Å². The molecule has 0 spiro atoms. The fourth-order valence-corrected chi connectivity index (χ4v) is 2.89. The Morgan fingerprint density at radius 2 is 2.04 bits per heavy atom. The number of nitrogens with zero attached hydrogens (tertiary/aromatic N) is 2. The zero-order valence-electron chi connectivity index (χ0n) is 15.1. The Bertz CT molecular complexity index is 1030. The van der Waals surface area contributed by atoms with Gasteiger partial charge in [-0.05, 0) is 37.3 Å². The summed E-state index contributed by atoms with van der Waals surface area (Å²) in [7, 11) is 1.55. The van der Waals surface area contributed by atoms with E-state index in [1.807, 2.05) is 0 Å². The van der Waals surface area contributed by atoms with Gasteiger partial charge in [0.1, 0.15) is 11.6 Å². The van der Waals surface area contributed by atoms with Gasteiger partial charge in [-0.2, -0.15) is 0 Å². The maximum absolute atomic E-state index is 13.4. The molecule has 3 rings (SSSR count). The summed E-state index contributed by atoms with van der Waals surface area (Å²) in [5.74, 6) is -0.515. The number of nitrogens with one attached hydrogen (secondary N) is 1. The van der Waals surface area contributed by atoms with E-state index >= 15 is 0 Å². The van der Waals surface area contributed by atoms with E-state index in [1.54, 1.807) is 38.3 Å². The average Bonchev–Trinajstić information content (AvgIpc) is 2.67. The molecule has 0 fully saturated rings. The number of carbonyl (C=O) groups excluding carboxylic acids is 1. The Balaban J connectivity index is 1.98. The molecule has 1 N–H and O–H groups in total. The number of benzene rings is 2. The minimum absolute atomic E-state index is 0.195. The first-order valence-corrected chi connectivity index (χ1v) is 8.56. The van der Waals surface area contributed by atoms with E-state index in [2.05, 4.69) is 10.3 Å². The van der Waals surface area contributed by atoms with E-state index in [1.165, 1.54) is 22.8 Å². The third-order valence-corrected chi connectivity index (χ3v) is 4.23. The highest BCUT2D eigenvalue weighted by Gasteiger charge is 2.19. The normalized spacial score (nSPS) is 12.1. The molecule has 0 unspecified atom stereocenters. The van der Waals surface area contributed by atoms with Crippen LogP contribution in [-0.4, -0.2) is 29.2 Å². The summed E-state index contributed by atoms with van der Waals surface area (Å²) < 4.78 is 20.0. The van der Waals surface area contributed by atoms with Gasteiger partial charge in [0.2, 0.25) is 0 Å². The maximum Gasteiger partial charge on any atom is 0.261 e. The molecule has 1 aromatic heterocycles. The number of carbonyl (C=O) groups is 1. The van der Waals surface area contributed by atoms with Crippen LogP contribution in [0.15, 0.2) is 53.3 Å². The topological polar surface area (TPSA) is 73.2 Å². The SMILES string of the molecule is COCCn1c([C@@H](C)NC(=O)c2cccc(F)c2)nc2ccccc2c1=O. The molecular formula is C20H20FN3O3. The minimum Gasteiger partial charge on any atom is -0.383 e. The van der Waals surface area contributed by atoms with E-state index in [0.29, 0.717) is 29.9 Å². The van der Waals surface area contributed by atoms with Crippen LogP contribution in [0.3, 0.4) is 0 Å². The number of hydrogen-bond acceptors (Lipinski definition) is 4. The first kappa shape index (κ1) is 18.7. The molecule has 1 atom stereocenters. The predicted molar refractivity (Wildman–Crippen MR) is 100 cm³/mol. The summed E-state index contributed by atoms with van der Waals surface area (Å²) in [6.07, 6.45) is 0. The lowest BCUT2D eigenvalue weighted by atomic mass is 10.1. The summed E-state index contributed by atoms with van der Waals surface area (Å²) in [6, 6.07) is 11.9. The van der Waals surface area contributed by atoms with E-state index in [0.717, 1.165) is 6.07 Å². The standard InChI is InChI=1S/C20H20FN3O3/c1-13(22-19(25)14-6-5-7-15(21)12-14)18-23-17-9-4-3-8-16(17)20(26)24(18)10-11-27-2/h3-9,12-13H,10-11H2,1-2H3,(H,22,25)/t13-/m1/s1. The molecule has 0 aliphatic heterocycles. The summed E-state index contributed by atoms with van der Waals surface area (Å²) in [5, 5.41) is 3.28. The molecule has 6 nitrogen and oxygen atoms in total. The van der Waals surface area contributed by atoms with E-state index in [9.17, 15) is 14.0 Å². The van der Waals surface area contributed by atoms with Crippen LogP contribution in [0.5, 0.6) is 0 Å². The van der Waals surface area contributed by atoms with Gasteiger partial charge in [-0.25, -0.2) is 9.37 Å². The fourth-order valence-electron chi connectivity index (χ4n) is 2.89. The van der Waals surface area contributed by atoms with Gasteiger partial charge < -0.3 is 10.1 Å². The van der Waals surface area contributed by atoms with Gasteiger partial charge in [-0.1, -0.05) is 18.2 Å². The lowest BCUT2D eigenvalue weighted by molar-refractivity contribution is 0.0936. The van der Waals surface area contributed by atoms with Crippen LogP contribution in [0.4, 0.5) is 4.39 Å². The first-order chi connectivity index (χ1) is 13.0. The van der Waals surface area contributed by atoms with Crippen LogP contribution in [0.1, 0.15) is 29.1 Å². The Morgan fingerprint density at radius 3 is 2.78 bits per heavy atom. The molecule has 1 heterocycles. The molecule has 0 saturated carbocycles. The molecule has 0 saturated heterocycles. The number of ether oxygens (including phenoxy) is 1. The van der Waals surface area contributed by atoms with Gasteiger partial charge in [0.05, 0.1) is 30.1 Å². The van der Waals surface area contributed by atoms with Crippen LogP contribution in [0.25, 0.3) is 10.9 Å². The number of amides is 1. The van der Waals surface area contributed by atoms with Crippen LogP contribution >= 0.6 is 0 Å². The molecule has 1 amide bonds. The van der Waals surface area contributed by atoms with Gasteiger partial charge in [-0.3, -0.25) is 14.2 Å². The number of fused-ring (bicyclic) bond motifs is 1. The van der Waals surface area contributed by atoms with Gasteiger partial charge in [0.15, 0.2) is 0 Å². The quantitative estimate of drug-likeness (QED) is 0.725. The Hall–Kier alpha value is -3.06. The van der Waals surface area contributed by atoms with E-state index < -0.39 is 17.8 Å². The van der Waals surface area contributed by atoms with Crippen molar-refractivity contribution in [2.75, 3.05) is 13.7 Å². The molecular weight excluding hydrogens is 349 g/mol. The van der Waals surface area contributed by atoms with Gasteiger partial charge in [0.25, 0.3) is 11.5 Å². The van der Waals surface area contributed by atoms with Crippen molar-refractivity contribution in [1.29, 1.82) is 0 Å². The van der Waals surface area contributed by atoms with Crippen molar-refractivity contribution in [3.8, 4) is 0 Å². The monoisotopic (exact) mass is 369 g/mol. The summed E-state index contributed by atoms with van der Waals surface area (Å²) in [6.45, 7) is 2.37. The van der Waals surface area contributed by atoms with Crippen molar-refractivity contribution >= 4 is 16.8 Å². The number of halogens is 1. The summed E-state index contributed by atoms with van der Waals surface area (Å²) >= 11 is 0. The Morgan fingerprint density at radius 1 is 1.26 bits per heavy atom. The Kier molecular flexibility index (Phi) is 5.61. The molecule has 140 valence electrons. The third kappa shape index (κ3) is 4.03. The molecule has 2 aromatic carbocycles. The second kappa shape index (κ2) is 8.09. The number of rotatable bonds is 6. The van der Waals surface area contributed by atoms with Gasteiger partial charge in [0, 0.05) is 12.7 Å². The second-order valence-electron chi connectivity index (χ2n) is 6.14. The molecule has 27 heavy (non-hydrogen) atoms. The van der Waals surface area contributed by atoms with E-state index in [-0.39, 0.29) is 11.1 Å². The van der Waals surface area contributed by atoms with Crippen LogP contribution in [-0.2, 0) is 11.3 Å². The van der Waals surface area contributed by atoms with Crippen molar-refractivity contribution in [2.24, 2.45) is 0 Å². The highest BCUT2D eigenvalue weighted by Crippen LogP contribution is 2.15. The number of para-hydroxylation sites is 1. The highest BCUT2D eigenvalue weighted by atomic mass is 19.1. The molecule has 0 bridgehead atoms. The van der Waals surface area contributed by atoms with Crippen molar-refractivity contribution in [3.63, 3.8) is 0 Å². The van der Waals surface area contributed by atoms with Crippen molar-refractivity contribution < 1.29 is 13.9 Å². The van der Waals surface area contributed by atoms with Crippen LogP contribution in [0.2, 0.25) is 0 Å². The summed E-state index contributed by atoms with van der Waals surface area (Å²) in [5.41, 5.74) is 0.561. The summed E-state index contributed by atoms with van der Waals surface area (Å²) in [4.78, 5) is 29.9. The average molecular weight is 369 g/mol. The minimum atomic E-state index is -0.560. The predicted octanol–water partition coefficient (Wildman–Crippen LogP) is 2.67.